The van der Waals surface area contributed by atoms with Crippen LogP contribution in [0.2, 0.25) is 0 Å². The molecule has 0 heterocycles. The highest BCUT2D eigenvalue weighted by atomic mass is 16.5. The van der Waals surface area contributed by atoms with Crippen LogP contribution in [-0.2, 0) is 6.54 Å². The highest BCUT2D eigenvalue weighted by Gasteiger charge is 2.15. The first-order chi connectivity index (χ1) is 7.38. The Bertz CT molecular complexity index is 305. The lowest BCUT2D eigenvalue weighted by Gasteiger charge is -2.11. The van der Waals surface area contributed by atoms with Crippen molar-refractivity contribution in [1.29, 1.82) is 0 Å². The summed E-state index contributed by atoms with van der Waals surface area (Å²) >= 11 is 0. The van der Waals surface area contributed by atoms with E-state index in [4.69, 9.17) is 10.5 Å². The second kappa shape index (κ2) is 5.17. The van der Waals surface area contributed by atoms with Gasteiger partial charge < -0.3 is 10.5 Å². The lowest BCUT2D eigenvalue weighted by atomic mass is 10.1. The Morgan fingerprint density at radius 2 is 2.07 bits per heavy atom. The Morgan fingerprint density at radius 1 is 1.27 bits per heavy atom. The maximum absolute atomic E-state index is 5.78. The third-order valence-corrected chi connectivity index (χ3v) is 3.09. The molecule has 0 amide bonds. The van der Waals surface area contributed by atoms with Gasteiger partial charge in [-0.25, -0.2) is 0 Å². The molecule has 0 aliphatic heterocycles. The number of ether oxygens (including phenoxy) is 1. The second-order valence-electron chi connectivity index (χ2n) is 4.31. The fourth-order valence-electron chi connectivity index (χ4n) is 2.15. The molecule has 1 aromatic carbocycles. The van der Waals surface area contributed by atoms with Crippen molar-refractivity contribution in [1.82, 2.24) is 0 Å². The van der Waals surface area contributed by atoms with Crippen LogP contribution in [0, 0.1) is 5.92 Å². The molecular weight excluding hydrogens is 186 g/mol. The minimum Gasteiger partial charge on any atom is -0.493 e. The summed E-state index contributed by atoms with van der Waals surface area (Å²) < 4.78 is 5.78. The predicted molar refractivity (Wildman–Crippen MR) is 61.8 cm³/mol. The van der Waals surface area contributed by atoms with Crippen LogP contribution in [0.3, 0.4) is 0 Å². The quantitative estimate of drug-likeness (QED) is 0.820. The highest BCUT2D eigenvalue weighted by Crippen LogP contribution is 2.25. The largest absolute Gasteiger partial charge is 0.493 e. The molecule has 1 aliphatic carbocycles. The van der Waals surface area contributed by atoms with Gasteiger partial charge in [-0.05, 0) is 36.5 Å². The van der Waals surface area contributed by atoms with E-state index in [1.54, 1.807) is 0 Å². The Labute approximate surface area is 91.4 Å². The molecule has 1 aliphatic rings. The summed E-state index contributed by atoms with van der Waals surface area (Å²) in [5.74, 6) is 1.73. The van der Waals surface area contributed by atoms with E-state index in [2.05, 4.69) is 0 Å². The van der Waals surface area contributed by atoms with E-state index in [1.807, 2.05) is 24.3 Å². The summed E-state index contributed by atoms with van der Waals surface area (Å²) in [6.45, 7) is 1.45. The first-order valence-electron chi connectivity index (χ1n) is 5.80. The first-order valence-corrected chi connectivity index (χ1v) is 5.80. The molecule has 0 saturated heterocycles. The molecule has 2 heteroatoms. The van der Waals surface area contributed by atoms with Crippen molar-refractivity contribution in [3.63, 3.8) is 0 Å². The van der Waals surface area contributed by atoms with Crippen LogP contribution < -0.4 is 10.5 Å². The SMILES string of the molecule is NCc1cccc(OCC2CCCC2)c1. The maximum Gasteiger partial charge on any atom is 0.119 e. The molecule has 2 rings (SSSR count). The minimum atomic E-state index is 0.584. The van der Waals surface area contributed by atoms with Crippen molar-refractivity contribution in [2.75, 3.05) is 6.61 Å². The zero-order valence-electron chi connectivity index (χ0n) is 9.11. The summed E-state index contributed by atoms with van der Waals surface area (Å²) in [7, 11) is 0. The number of hydrogen-bond acceptors (Lipinski definition) is 2. The molecule has 0 unspecified atom stereocenters. The number of hydrogen-bond donors (Lipinski definition) is 1. The van der Waals surface area contributed by atoms with Gasteiger partial charge in [0.15, 0.2) is 0 Å². The Balaban J connectivity index is 1.86. The Morgan fingerprint density at radius 3 is 2.80 bits per heavy atom. The standard InChI is InChI=1S/C13H19NO/c14-9-12-6-3-7-13(8-12)15-10-11-4-1-2-5-11/h3,6-8,11H,1-2,4-5,9-10,14H2. The Kier molecular flexibility index (Phi) is 3.62. The smallest absolute Gasteiger partial charge is 0.119 e. The maximum atomic E-state index is 5.78. The van der Waals surface area contributed by atoms with Crippen LogP contribution in [0.4, 0.5) is 0 Å². The van der Waals surface area contributed by atoms with Crippen LogP contribution in [0.5, 0.6) is 5.75 Å². The molecule has 0 spiro atoms. The monoisotopic (exact) mass is 205 g/mol. The summed E-state index contributed by atoms with van der Waals surface area (Å²) in [5.41, 5.74) is 6.72. The predicted octanol–water partition coefficient (Wildman–Crippen LogP) is 2.71. The van der Waals surface area contributed by atoms with Crippen LogP contribution in [0.25, 0.3) is 0 Å². The molecule has 0 radical (unpaired) electrons. The molecular formula is C13H19NO. The van der Waals surface area contributed by atoms with Gasteiger partial charge >= 0.3 is 0 Å². The van der Waals surface area contributed by atoms with E-state index in [0.717, 1.165) is 23.8 Å². The van der Waals surface area contributed by atoms with E-state index < -0.39 is 0 Å². The van der Waals surface area contributed by atoms with Crippen LogP contribution in [0.15, 0.2) is 24.3 Å². The molecule has 0 bridgehead atoms. The van der Waals surface area contributed by atoms with Crippen molar-refractivity contribution < 1.29 is 4.74 Å². The molecule has 1 aromatic rings. The van der Waals surface area contributed by atoms with Crippen molar-refractivity contribution in [3.05, 3.63) is 29.8 Å². The Hall–Kier alpha value is -1.02. The van der Waals surface area contributed by atoms with Gasteiger partial charge in [-0.15, -0.1) is 0 Å². The van der Waals surface area contributed by atoms with Crippen molar-refractivity contribution in [2.45, 2.75) is 32.2 Å². The molecule has 0 aromatic heterocycles. The fraction of sp³-hybridized carbons (Fsp3) is 0.538. The molecule has 2 nitrogen and oxygen atoms in total. The summed E-state index contributed by atoms with van der Waals surface area (Å²) in [6, 6.07) is 8.08. The van der Waals surface area contributed by atoms with Gasteiger partial charge in [0.05, 0.1) is 6.61 Å². The number of rotatable bonds is 4. The highest BCUT2D eigenvalue weighted by molar-refractivity contribution is 5.28. The average molecular weight is 205 g/mol. The van der Waals surface area contributed by atoms with Gasteiger partial charge in [-0.2, -0.15) is 0 Å². The van der Waals surface area contributed by atoms with Gasteiger partial charge in [0.25, 0.3) is 0 Å². The minimum absolute atomic E-state index is 0.584. The third-order valence-electron chi connectivity index (χ3n) is 3.09. The lowest BCUT2D eigenvalue weighted by molar-refractivity contribution is 0.252. The van der Waals surface area contributed by atoms with E-state index in [-0.39, 0.29) is 0 Å². The van der Waals surface area contributed by atoms with Crippen LogP contribution >= 0.6 is 0 Å². The van der Waals surface area contributed by atoms with Crippen molar-refractivity contribution >= 4 is 0 Å². The normalized spacial score (nSPS) is 16.9. The molecule has 0 atom stereocenters. The zero-order valence-corrected chi connectivity index (χ0v) is 9.11. The summed E-state index contributed by atoms with van der Waals surface area (Å²) in [6.07, 6.45) is 5.40. The lowest BCUT2D eigenvalue weighted by Crippen LogP contribution is -2.08. The fourth-order valence-corrected chi connectivity index (χ4v) is 2.15. The van der Waals surface area contributed by atoms with Gasteiger partial charge in [-0.3, -0.25) is 0 Å². The molecule has 1 saturated carbocycles. The van der Waals surface area contributed by atoms with Crippen molar-refractivity contribution in [2.24, 2.45) is 11.7 Å². The zero-order chi connectivity index (χ0) is 10.5. The summed E-state index contributed by atoms with van der Waals surface area (Å²) in [4.78, 5) is 0. The number of nitrogens with two attached hydrogens (primary N) is 1. The topological polar surface area (TPSA) is 35.2 Å². The van der Waals surface area contributed by atoms with Gasteiger partial charge in [0.1, 0.15) is 5.75 Å². The molecule has 82 valence electrons. The van der Waals surface area contributed by atoms with Crippen molar-refractivity contribution in [3.8, 4) is 5.75 Å². The number of benzene rings is 1. The third kappa shape index (κ3) is 2.96. The van der Waals surface area contributed by atoms with E-state index >= 15 is 0 Å². The molecule has 2 N–H and O–H groups in total. The van der Waals surface area contributed by atoms with E-state index in [9.17, 15) is 0 Å². The van der Waals surface area contributed by atoms with E-state index in [1.165, 1.54) is 25.7 Å². The van der Waals surface area contributed by atoms with Gasteiger partial charge in [0.2, 0.25) is 0 Å². The first kappa shape index (κ1) is 10.5. The second-order valence-corrected chi connectivity index (χ2v) is 4.31. The average Bonchev–Trinajstić information content (AvgIpc) is 2.79. The van der Waals surface area contributed by atoms with Crippen LogP contribution in [0.1, 0.15) is 31.2 Å². The molecule has 15 heavy (non-hydrogen) atoms. The summed E-state index contributed by atoms with van der Waals surface area (Å²) in [5, 5.41) is 0. The van der Waals surface area contributed by atoms with Crippen LogP contribution in [-0.4, -0.2) is 6.61 Å². The van der Waals surface area contributed by atoms with E-state index in [0.29, 0.717) is 6.54 Å². The molecule has 1 fully saturated rings. The van der Waals surface area contributed by atoms with Gasteiger partial charge in [-0.1, -0.05) is 25.0 Å². The van der Waals surface area contributed by atoms with Gasteiger partial charge in [0, 0.05) is 6.54 Å².